The van der Waals surface area contributed by atoms with E-state index in [1.165, 1.54) is 0 Å². The topological polar surface area (TPSA) is 29.5 Å². The second kappa shape index (κ2) is 6.35. The summed E-state index contributed by atoms with van der Waals surface area (Å²) in [6.45, 7) is 17.1. The summed E-state index contributed by atoms with van der Waals surface area (Å²) in [7, 11) is -1.61. The number of aliphatic hydroxyl groups excluding tert-OH is 1. The number of rotatable bonds is 7. The van der Waals surface area contributed by atoms with Crippen LogP contribution >= 0.6 is 0 Å². The van der Waals surface area contributed by atoms with Crippen molar-refractivity contribution in [1.82, 2.24) is 0 Å². The minimum absolute atomic E-state index is 0.227. The third kappa shape index (κ3) is 6.58. The zero-order valence-corrected chi connectivity index (χ0v) is 13.9. The van der Waals surface area contributed by atoms with Crippen LogP contribution < -0.4 is 0 Å². The monoisotopic (exact) mass is 260 g/mol. The van der Waals surface area contributed by atoms with E-state index < -0.39 is 8.32 Å². The van der Waals surface area contributed by atoms with Crippen LogP contribution in [0.5, 0.6) is 0 Å². The van der Waals surface area contributed by atoms with Crippen molar-refractivity contribution >= 4 is 8.32 Å². The molecule has 0 bridgehead atoms. The van der Waals surface area contributed by atoms with Crippen LogP contribution in [0.15, 0.2) is 0 Å². The van der Waals surface area contributed by atoms with E-state index in [4.69, 9.17) is 9.53 Å². The molecule has 0 aromatic rings. The van der Waals surface area contributed by atoms with E-state index in [9.17, 15) is 0 Å². The lowest BCUT2D eigenvalue weighted by molar-refractivity contribution is 0.149. The van der Waals surface area contributed by atoms with Gasteiger partial charge >= 0.3 is 0 Å². The van der Waals surface area contributed by atoms with Gasteiger partial charge in [-0.25, -0.2) is 0 Å². The molecule has 0 fully saturated rings. The zero-order chi connectivity index (χ0) is 13.7. The minimum Gasteiger partial charge on any atom is -0.416 e. The van der Waals surface area contributed by atoms with E-state index >= 15 is 0 Å². The Hall–Kier alpha value is 0.137. The van der Waals surface area contributed by atoms with Crippen molar-refractivity contribution in [2.24, 2.45) is 5.41 Å². The SMILES string of the molecule is CC(C)(CCCCO)CO[Si](C)(C)C(C)(C)C. The highest BCUT2D eigenvalue weighted by atomic mass is 28.4. The largest absolute Gasteiger partial charge is 0.416 e. The molecule has 0 aliphatic rings. The third-order valence-corrected chi connectivity index (χ3v) is 8.37. The summed E-state index contributed by atoms with van der Waals surface area (Å²) in [5.74, 6) is 0. The molecular weight excluding hydrogens is 228 g/mol. The predicted octanol–water partition coefficient (Wildman–Crippen LogP) is 4.20. The maximum absolute atomic E-state index is 8.80. The van der Waals surface area contributed by atoms with Gasteiger partial charge in [-0.05, 0) is 36.4 Å². The maximum atomic E-state index is 8.80. The molecule has 2 nitrogen and oxygen atoms in total. The van der Waals surface area contributed by atoms with Crippen LogP contribution in [0, 0.1) is 5.41 Å². The van der Waals surface area contributed by atoms with E-state index in [0.29, 0.717) is 6.61 Å². The molecule has 0 spiro atoms. The minimum atomic E-state index is -1.61. The van der Waals surface area contributed by atoms with E-state index in [-0.39, 0.29) is 10.5 Å². The Balaban J connectivity index is 4.17. The average Bonchev–Trinajstić information content (AvgIpc) is 2.14. The van der Waals surface area contributed by atoms with Crippen molar-refractivity contribution in [2.45, 2.75) is 72.0 Å². The predicted molar refractivity (Wildman–Crippen MR) is 77.9 cm³/mol. The molecule has 0 aliphatic carbocycles. The van der Waals surface area contributed by atoms with Crippen molar-refractivity contribution in [2.75, 3.05) is 13.2 Å². The van der Waals surface area contributed by atoms with Gasteiger partial charge in [0.25, 0.3) is 0 Å². The number of aliphatic hydroxyl groups is 1. The summed E-state index contributed by atoms with van der Waals surface area (Å²) in [6.07, 6.45) is 3.12. The zero-order valence-electron chi connectivity index (χ0n) is 12.9. The first-order chi connectivity index (χ1) is 7.52. The van der Waals surface area contributed by atoms with Crippen LogP contribution in [0.2, 0.25) is 18.1 Å². The Morgan fingerprint density at radius 3 is 1.94 bits per heavy atom. The quantitative estimate of drug-likeness (QED) is 0.549. The summed E-state index contributed by atoms with van der Waals surface area (Å²) >= 11 is 0. The number of hydrogen-bond donors (Lipinski definition) is 1. The molecule has 0 saturated heterocycles. The van der Waals surface area contributed by atoms with Crippen LogP contribution in [-0.2, 0) is 4.43 Å². The Labute approximate surface area is 109 Å². The molecule has 1 N–H and O–H groups in total. The lowest BCUT2D eigenvalue weighted by Crippen LogP contribution is -2.43. The highest BCUT2D eigenvalue weighted by molar-refractivity contribution is 6.74. The molecule has 0 aromatic carbocycles. The molecule has 0 aliphatic heterocycles. The average molecular weight is 260 g/mol. The van der Waals surface area contributed by atoms with Crippen molar-refractivity contribution in [3.8, 4) is 0 Å². The van der Waals surface area contributed by atoms with Gasteiger partial charge in [-0.3, -0.25) is 0 Å². The van der Waals surface area contributed by atoms with E-state index in [1.807, 2.05) is 0 Å². The molecule has 0 saturated carbocycles. The first-order valence-electron chi connectivity index (χ1n) is 6.77. The molecule has 0 rings (SSSR count). The molecule has 3 heteroatoms. The smallest absolute Gasteiger partial charge is 0.192 e. The van der Waals surface area contributed by atoms with Crippen LogP contribution in [-0.4, -0.2) is 26.6 Å². The second-order valence-electron chi connectivity index (χ2n) is 7.39. The summed E-state index contributed by atoms with van der Waals surface area (Å²) in [6, 6.07) is 0. The van der Waals surface area contributed by atoms with Crippen LogP contribution in [0.25, 0.3) is 0 Å². The molecule has 0 aromatic heterocycles. The van der Waals surface area contributed by atoms with E-state index in [1.54, 1.807) is 0 Å². The van der Waals surface area contributed by atoms with Crippen LogP contribution in [0.4, 0.5) is 0 Å². The normalized spacial score (nSPS) is 14.1. The van der Waals surface area contributed by atoms with Gasteiger partial charge in [0.05, 0.1) is 0 Å². The molecule has 0 unspecified atom stereocenters. The molecule has 17 heavy (non-hydrogen) atoms. The molecule has 0 heterocycles. The van der Waals surface area contributed by atoms with Crippen molar-refractivity contribution < 1.29 is 9.53 Å². The fourth-order valence-electron chi connectivity index (χ4n) is 1.38. The van der Waals surface area contributed by atoms with Gasteiger partial charge in [0, 0.05) is 13.2 Å². The van der Waals surface area contributed by atoms with Crippen molar-refractivity contribution in [3.05, 3.63) is 0 Å². The Kier molecular flexibility index (Phi) is 6.40. The molecule has 0 atom stereocenters. The highest BCUT2D eigenvalue weighted by Gasteiger charge is 2.38. The first-order valence-corrected chi connectivity index (χ1v) is 9.67. The first kappa shape index (κ1) is 17.1. The highest BCUT2D eigenvalue weighted by Crippen LogP contribution is 2.38. The maximum Gasteiger partial charge on any atom is 0.192 e. The van der Waals surface area contributed by atoms with Crippen LogP contribution in [0.3, 0.4) is 0 Å². The van der Waals surface area contributed by atoms with Crippen molar-refractivity contribution in [3.63, 3.8) is 0 Å². The second-order valence-corrected chi connectivity index (χ2v) is 12.2. The van der Waals surface area contributed by atoms with E-state index in [2.05, 4.69) is 47.7 Å². The van der Waals surface area contributed by atoms with Gasteiger partial charge in [0.15, 0.2) is 8.32 Å². The fraction of sp³-hybridized carbons (Fsp3) is 1.00. The Bertz CT molecular complexity index is 217. The molecule has 0 radical (unpaired) electrons. The lowest BCUT2D eigenvalue weighted by Gasteiger charge is -2.39. The van der Waals surface area contributed by atoms with Gasteiger partial charge in [0.1, 0.15) is 0 Å². The molecule has 104 valence electrons. The summed E-state index contributed by atoms with van der Waals surface area (Å²) < 4.78 is 6.27. The Morgan fingerprint density at radius 2 is 1.53 bits per heavy atom. The van der Waals surface area contributed by atoms with Gasteiger partial charge in [0.2, 0.25) is 0 Å². The van der Waals surface area contributed by atoms with Crippen molar-refractivity contribution in [1.29, 1.82) is 0 Å². The molecule has 0 amide bonds. The van der Waals surface area contributed by atoms with Gasteiger partial charge < -0.3 is 9.53 Å². The van der Waals surface area contributed by atoms with E-state index in [0.717, 1.165) is 25.9 Å². The number of hydrogen-bond acceptors (Lipinski definition) is 2. The number of unbranched alkanes of at least 4 members (excludes halogenated alkanes) is 1. The lowest BCUT2D eigenvalue weighted by atomic mass is 9.88. The van der Waals surface area contributed by atoms with Gasteiger partial charge in [-0.15, -0.1) is 0 Å². The summed E-state index contributed by atoms with van der Waals surface area (Å²) in [5, 5.41) is 9.09. The fourth-order valence-corrected chi connectivity index (χ4v) is 2.56. The van der Waals surface area contributed by atoms with Gasteiger partial charge in [-0.2, -0.15) is 0 Å². The van der Waals surface area contributed by atoms with Gasteiger partial charge in [-0.1, -0.05) is 41.0 Å². The summed E-state index contributed by atoms with van der Waals surface area (Å²) in [4.78, 5) is 0. The Morgan fingerprint density at radius 1 is 1.00 bits per heavy atom. The standard InChI is InChI=1S/C14H32O2Si/c1-13(2,3)17(6,7)16-12-14(4,5)10-8-9-11-15/h15H,8-12H2,1-7H3. The molecular formula is C14H32O2Si. The third-order valence-electron chi connectivity index (χ3n) is 3.89. The summed E-state index contributed by atoms with van der Waals surface area (Å²) in [5.41, 5.74) is 0.227. The van der Waals surface area contributed by atoms with Crippen LogP contribution in [0.1, 0.15) is 53.9 Å².